The van der Waals surface area contributed by atoms with Gasteiger partial charge in [-0.15, -0.1) is 0 Å². The van der Waals surface area contributed by atoms with E-state index in [1.54, 1.807) is 4.57 Å². The maximum Gasteiger partial charge on any atom is 0.104 e. The van der Waals surface area contributed by atoms with E-state index in [1.807, 2.05) is 42.5 Å². The van der Waals surface area contributed by atoms with Crippen molar-refractivity contribution in [1.82, 2.24) is 9.55 Å². The molecular weight excluding hydrogens is 508 g/mol. The first kappa shape index (κ1) is 26.4. The van der Waals surface area contributed by atoms with Gasteiger partial charge in [0.05, 0.1) is 42.4 Å². The predicted octanol–water partition coefficient (Wildman–Crippen LogP) is 6.14. The van der Waals surface area contributed by atoms with Crippen LogP contribution in [0.25, 0.3) is 60.5 Å². The van der Waals surface area contributed by atoms with Crippen molar-refractivity contribution in [2.24, 2.45) is 0 Å². The molecular formula is C35H22B4N2O. The van der Waals surface area contributed by atoms with E-state index < -0.39 is 10.6 Å². The summed E-state index contributed by atoms with van der Waals surface area (Å²) in [4.78, 5) is 4.62. The van der Waals surface area contributed by atoms with Crippen LogP contribution in [0, 0.1) is 0 Å². The summed E-state index contributed by atoms with van der Waals surface area (Å²) in [5, 5.41) is 10.7. The summed E-state index contributed by atoms with van der Waals surface area (Å²) in [7, 11) is 24.2. The summed E-state index contributed by atoms with van der Waals surface area (Å²) in [5.41, 5.74) is 6.75. The number of aromatic nitrogens is 2. The number of fused-ring (bicyclic) bond motifs is 3. The van der Waals surface area contributed by atoms with Crippen molar-refractivity contribution in [3.05, 3.63) is 133 Å². The highest BCUT2D eigenvalue weighted by molar-refractivity contribution is 6.53. The molecule has 3 nitrogen and oxygen atoms in total. The van der Waals surface area contributed by atoms with Gasteiger partial charge in [-0.1, -0.05) is 103 Å². The van der Waals surface area contributed by atoms with E-state index in [4.69, 9.17) is 31.4 Å². The summed E-state index contributed by atoms with van der Waals surface area (Å²) >= 11 is 0. The van der Waals surface area contributed by atoms with E-state index in [2.05, 4.69) is 89.9 Å². The molecule has 1 heterocycles. The molecule has 0 amide bonds. The zero-order valence-electron chi connectivity index (χ0n) is 22.8. The third-order valence-electron chi connectivity index (χ3n) is 8.00. The van der Waals surface area contributed by atoms with Crippen molar-refractivity contribution in [1.29, 1.82) is 0 Å². The van der Waals surface area contributed by atoms with Crippen LogP contribution in [0.1, 0.15) is 5.82 Å². The first-order chi connectivity index (χ1) is 20.3. The molecule has 0 saturated heterocycles. The minimum Gasteiger partial charge on any atom is -0.410 e. The number of hydrogen-bond donors (Lipinski definition) is 1. The normalized spacial score (nSPS) is 12.3. The molecule has 190 valence electrons. The van der Waals surface area contributed by atoms with Crippen LogP contribution in [0.5, 0.6) is 0 Å². The molecule has 0 aliphatic carbocycles. The van der Waals surface area contributed by atoms with Crippen LogP contribution >= 0.6 is 0 Å². The maximum atomic E-state index is 10.4. The first-order valence-corrected chi connectivity index (χ1v) is 13.7. The molecule has 0 aliphatic heterocycles. The number of nitrogens with zero attached hydrogens (tertiary/aromatic N) is 2. The highest BCUT2D eigenvalue weighted by atomic mass is 16.3. The van der Waals surface area contributed by atoms with Crippen LogP contribution in [0.15, 0.2) is 127 Å². The van der Waals surface area contributed by atoms with Gasteiger partial charge in [0.25, 0.3) is 0 Å². The quantitative estimate of drug-likeness (QED) is 0.215. The Kier molecular flexibility index (Phi) is 6.18. The van der Waals surface area contributed by atoms with Gasteiger partial charge in [0, 0.05) is 5.69 Å². The van der Waals surface area contributed by atoms with Gasteiger partial charge in [-0.2, -0.15) is 0 Å². The third kappa shape index (κ3) is 4.11. The number of benzene rings is 6. The van der Waals surface area contributed by atoms with Crippen molar-refractivity contribution < 1.29 is 5.11 Å². The van der Waals surface area contributed by atoms with Crippen molar-refractivity contribution in [3.63, 3.8) is 0 Å². The second kappa shape index (κ2) is 9.82. The maximum absolute atomic E-state index is 10.4. The minimum absolute atomic E-state index is 0.145. The number of hydrogen-bond acceptors (Lipinski definition) is 2. The lowest BCUT2D eigenvalue weighted by Crippen LogP contribution is -2.55. The topological polar surface area (TPSA) is 38.1 Å². The molecule has 42 heavy (non-hydrogen) atoms. The summed E-state index contributed by atoms with van der Waals surface area (Å²) in [5.74, 6) is 0.145. The van der Waals surface area contributed by atoms with Crippen LogP contribution in [-0.4, -0.2) is 51.4 Å². The second-order valence-electron chi connectivity index (χ2n) is 10.7. The van der Waals surface area contributed by atoms with Crippen molar-refractivity contribution in [3.8, 4) is 27.9 Å². The van der Waals surface area contributed by atoms with E-state index >= 15 is 0 Å². The highest BCUT2D eigenvalue weighted by Gasteiger charge is 2.38. The van der Waals surface area contributed by atoms with Crippen LogP contribution in [0.2, 0.25) is 0 Å². The number of aliphatic hydroxyl groups is 1. The molecule has 0 aliphatic rings. The van der Waals surface area contributed by atoms with Crippen LogP contribution < -0.4 is 0 Å². The summed E-state index contributed by atoms with van der Waals surface area (Å²) in [6.07, 6.45) is 0. The van der Waals surface area contributed by atoms with Gasteiger partial charge in [-0.05, 0) is 78.7 Å². The molecule has 1 N–H and O–H groups in total. The Hall–Kier alpha value is -4.47. The molecule has 8 radical (unpaired) electrons. The Balaban J connectivity index is 1.46. The molecule has 7 rings (SSSR count). The van der Waals surface area contributed by atoms with E-state index in [0.717, 1.165) is 33.1 Å². The Bertz CT molecular complexity index is 2040. The average molecular weight is 530 g/mol. The fourth-order valence-electron chi connectivity index (χ4n) is 5.88. The molecule has 6 aromatic carbocycles. The molecule has 0 bridgehead atoms. The number of rotatable bonds is 5. The van der Waals surface area contributed by atoms with Crippen molar-refractivity contribution in [2.75, 3.05) is 0 Å². The van der Waals surface area contributed by atoms with E-state index in [1.165, 1.54) is 21.9 Å². The fourth-order valence-corrected chi connectivity index (χ4v) is 5.88. The van der Waals surface area contributed by atoms with E-state index in [-0.39, 0.29) is 5.82 Å². The van der Waals surface area contributed by atoms with Gasteiger partial charge in [0.15, 0.2) is 0 Å². The Morgan fingerprint density at radius 3 is 1.50 bits per heavy atom. The largest absolute Gasteiger partial charge is 0.410 e. The summed E-state index contributed by atoms with van der Waals surface area (Å²) < 4.78 is 1.79. The first-order valence-electron chi connectivity index (χ1n) is 13.7. The standard InChI is InChI=1S/C35H22B4N2O/c36-34(37,35(38,39)42)33-40-29-16-8-9-17-30(29)41(33)24-20-18-23(19-21-24)32-27-14-6-4-12-25(27)31(22-10-2-1-3-11-22)26-13-5-7-15-28(26)32/h1-21,42H. The Labute approximate surface area is 249 Å². The molecule has 0 spiro atoms. The van der Waals surface area contributed by atoms with Gasteiger partial charge in [-0.3, -0.25) is 4.57 Å². The molecule has 0 unspecified atom stereocenters. The van der Waals surface area contributed by atoms with Gasteiger partial charge >= 0.3 is 0 Å². The van der Waals surface area contributed by atoms with E-state index in [0.29, 0.717) is 5.52 Å². The zero-order chi connectivity index (χ0) is 29.1. The monoisotopic (exact) mass is 530 g/mol. The van der Waals surface area contributed by atoms with Gasteiger partial charge in [-0.25, -0.2) is 4.98 Å². The smallest absolute Gasteiger partial charge is 0.104 e. The minimum atomic E-state index is -2.41. The van der Waals surface area contributed by atoms with Crippen LogP contribution in [0.3, 0.4) is 0 Å². The lowest BCUT2D eigenvalue weighted by Gasteiger charge is -2.39. The third-order valence-corrected chi connectivity index (χ3v) is 8.00. The summed E-state index contributed by atoms with van der Waals surface area (Å²) in [6, 6.07) is 43.3. The second-order valence-corrected chi connectivity index (χ2v) is 10.7. The van der Waals surface area contributed by atoms with Crippen LogP contribution in [-0.2, 0) is 5.21 Å². The molecule has 1 aromatic heterocycles. The Morgan fingerprint density at radius 1 is 0.524 bits per heavy atom. The highest BCUT2D eigenvalue weighted by Crippen LogP contribution is 2.43. The number of imidazole rings is 1. The predicted molar refractivity (Wildman–Crippen MR) is 177 cm³/mol. The van der Waals surface area contributed by atoms with Gasteiger partial charge in [0.1, 0.15) is 5.82 Å². The SMILES string of the molecule is [B]C([B])(O)C([B])([B])c1nc2ccccc2n1-c1ccc(-c2c3ccccc3c(-c3ccccc3)c3ccccc23)cc1. The van der Waals surface area contributed by atoms with Crippen molar-refractivity contribution in [2.45, 2.75) is 10.6 Å². The summed E-state index contributed by atoms with van der Waals surface area (Å²) in [6.45, 7) is 0. The molecule has 0 fully saturated rings. The Morgan fingerprint density at radius 2 is 0.976 bits per heavy atom. The van der Waals surface area contributed by atoms with Gasteiger partial charge < -0.3 is 5.11 Å². The average Bonchev–Trinajstić information content (AvgIpc) is 3.40. The molecule has 0 atom stereocenters. The van der Waals surface area contributed by atoms with Crippen molar-refractivity contribution >= 4 is 64.0 Å². The lowest BCUT2D eigenvalue weighted by atomic mass is 9.35. The molecule has 7 aromatic rings. The van der Waals surface area contributed by atoms with E-state index in [9.17, 15) is 5.11 Å². The van der Waals surface area contributed by atoms with Gasteiger partial charge in [0.2, 0.25) is 0 Å². The molecule has 7 heteroatoms. The molecule has 0 saturated carbocycles. The lowest BCUT2D eigenvalue weighted by molar-refractivity contribution is 0.189. The fraction of sp³-hybridized carbons (Fsp3) is 0.0571. The number of para-hydroxylation sites is 2. The van der Waals surface area contributed by atoms with Crippen LogP contribution in [0.4, 0.5) is 0 Å². The zero-order valence-corrected chi connectivity index (χ0v) is 22.8.